The van der Waals surface area contributed by atoms with Gasteiger partial charge in [0.25, 0.3) is 0 Å². The molecule has 0 saturated heterocycles. The van der Waals surface area contributed by atoms with Crippen LogP contribution in [0, 0.1) is 6.92 Å². The van der Waals surface area contributed by atoms with Crippen molar-refractivity contribution in [1.29, 1.82) is 0 Å². The molecule has 5 rings (SSSR count). The van der Waals surface area contributed by atoms with Gasteiger partial charge in [0.15, 0.2) is 5.69 Å². The summed E-state index contributed by atoms with van der Waals surface area (Å²) in [5, 5.41) is 23.9. The van der Waals surface area contributed by atoms with E-state index >= 15 is 0 Å². The molecule has 9 nitrogen and oxygen atoms in total. The summed E-state index contributed by atoms with van der Waals surface area (Å²) in [5.41, 5.74) is 6.19. The van der Waals surface area contributed by atoms with Gasteiger partial charge in [0, 0.05) is 26.9 Å². The number of tetrazole rings is 1. The van der Waals surface area contributed by atoms with Crippen LogP contribution in [0.2, 0.25) is 0 Å². The second-order valence-electron chi connectivity index (χ2n) is 6.94. The normalized spacial score (nSPS) is 11.3. The number of fused-ring (bicyclic) bond motifs is 1. The summed E-state index contributed by atoms with van der Waals surface area (Å²) >= 11 is 3.75. The van der Waals surface area contributed by atoms with Crippen molar-refractivity contribution < 1.29 is 14.3 Å². The zero-order valence-electron chi connectivity index (χ0n) is 16.2. The van der Waals surface area contributed by atoms with Gasteiger partial charge in [-0.2, -0.15) is 5.21 Å². The first-order valence-electron chi connectivity index (χ1n) is 9.30. The molecule has 154 valence electrons. The van der Waals surface area contributed by atoms with Crippen LogP contribution in [0.3, 0.4) is 0 Å². The number of carboxylic acid groups (broad SMARTS) is 1. The number of hydrogen-bond donors (Lipinski definition) is 2. The molecule has 0 atom stereocenters. The fourth-order valence-corrected chi connectivity index (χ4v) is 4.56. The molecule has 0 bridgehead atoms. The van der Waals surface area contributed by atoms with E-state index in [2.05, 4.69) is 41.5 Å². The van der Waals surface area contributed by atoms with Gasteiger partial charge in [-0.25, -0.2) is 9.78 Å². The van der Waals surface area contributed by atoms with Crippen LogP contribution in [0.1, 0.15) is 21.7 Å². The Morgan fingerprint density at radius 2 is 2.00 bits per heavy atom. The number of aromatic nitrogens is 6. The third-order valence-corrected chi connectivity index (χ3v) is 6.11. The van der Waals surface area contributed by atoms with Crippen LogP contribution in [0.15, 0.2) is 58.1 Å². The lowest BCUT2D eigenvalue weighted by Gasteiger charge is -2.12. The summed E-state index contributed by atoms with van der Waals surface area (Å²) in [5.74, 6) is -0.568. The van der Waals surface area contributed by atoms with Crippen LogP contribution in [-0.4, -0.2) is 41.3 Å². The molecule has 0 amide bonds. The molecule has 0 spiro atoms. The molecule has 1 aromatic carbocycles. The molecule has 2 aliphatic rings. The Morgan fingerprint density at radius 3 is 2.71 bits per heavy atom. The molecular formula is C21H15BrN6O3. The lowest BCUT2D eigenvalue weighted by Crippen LogP contribution is -2.05. The Hall–Kier alpha value is -3.79. The fourth-order valence-electron chi connectivity index (χ4n) is 3.80. The Kier molecular flexibility index (Phi) is 4.63. The van der Waals surface area contributed by atoms with Crippen LogP contribution in [0.25, 0.3) is 33.6 Å². The van der Waals surface area contributed by atoms with Crippen molar-refractivity contribution in [1.82, 2.24) is 30.2 Å². The number of nitrogens with zero attached hydrogens (tertiary/aromatic N) is 5. The SMILES string of the molecule is Cc1c(C(=O)O)ncn1Cc1c2ccocc-2c(Br)c1-c1ccccc1-c1nn[nH]n1. The van der Waals surface area contributed by atoms with Gasteiger partial charge in [-0.15, -0.1) is 10.2 Å². The van der Waals surface area contributed by atoms with E-state index < -0.39 is 5.97 Å². The highest BCUT2D eigenvalue weighted by molar-refractivity contribution is 9.10. The number of imidazole rings is 1. The van der Waals surface area contributed by atoms with Crippen molar-refractivity contribution in [2.24, 2.45) is 0 Å². The number of benzene rings is 1. The van der Waals surface area contributed by atoms with E-state index in [0.29, 0.717) is 18.1 Å². The van der Waals surface area contributed by atoms with Gasteiger partial charge in [-0.05, 0) is 50.8 Å². The van der Waals surface area contributed by atoms with E-state index in [0.717, 1.165) is 37.9 Å². The van der Waals surface area contributed by atoms with Gasteiger partial charge in [-0.1, -0.05) is 24.3 Å². The first-order chi connectivity index (χ1) is 15.1. The minimum Gasteiger partial charge on any atom is -0.476 e. The quantitative estimate of drug-likeness (QED) is 0.387. The topological polar surface area (TPSA) is 123 Å². The molecular weight excluding hydrogens is 464 g/mol. The van der Waals surface area contributed by atoms with E-state index in [1.807, 2.05) is 34.9 Å². The smallest absolute Gasteiger partial charge is 0.356 e. The molecule has 0 saturated carbocycles. The highest BCUT2D eigenvalue weighted by Crippen LogP contribution is 2.48. The highest BCUT2D eigenvalue weighted by atomic mass is 79.9. The minimum absolute atomic E-state index is 0.0404. The van der Waals surface area contributed by atoms with Gasteiger partial charge < -0.3 is 14.1 Å². The number of rotatable bonds is 5. The predicted octanol–water partition coefficient (Wildman–Crippen LogP) is 4.25. The minimum atomic E-state index is -1.05. The summed E-state index contributed by atoms with van der Waals surface area (Å²) in [4.78, 5) is 15.5. The number of carbonyl (C=O) groups is 1. The Labute approximate surface area is 184 Å². The van der Waals surface area contributed by atoms with Crippen LogP contribution in [-0.2, 0) is 6.54 Å². The standard InChI is InChI=1S/C21H15BrN6O3/c1-11-19(21(29)30)23-10-28(11)8-15-12-6-7-31-9-16(12)18(22)17(15)13-4-2-3-5-14(13)20-24-26-27-25-20/h2-7,9-10H,8H2,1H3,(H,29,30)(H,24,25,26,27). The zero-order chi connectivity index (χ0) is 21.5. The molecule has 0 radical (unpaired) electrons. The molecule has 0 fully saturated rings. The lowest BCUT2D eigenvalue weighted by atomic mass is 9.97. The Balaban J connectivity index is 1.75. The fraction of sp³-hybridized carbons (Fsp3) is 0.0952. The molecule has 2 N–H and O–H groups in total. The number of H-pyrrole nitrogens is 1. The summed E-state index contributed by atoms with van der Waals surface area (Å²) in [6.45, 7) is 2.17. The van der Waals surface area contributed by atoms with E-state index in [-0.39, 0.29) is 5.69 Å². The van der Waals surface area contributed by atoms with Crippen LogP contribution in [0.5, 0.6) is 0 Å². The summed E-state index contributed by atoms with van der Waals surface area (Å²) in [7, 11) is 0. The zero-order valence-corrected chi connectivity index (χ0v) is 17.8. The average molecular weight is 479 g/mol. The Bertz CT molecular complexity index is 1370. The number of carboxylic acids is 1. The Morgan fingerprint density at radius 1 is 1.19 bits per heavy atom. The maximum Gasteiger partial charge on any atom is 0.356 e. The third-order valence-electron chi connectivity index (χ3n) is 5.29. The van der Waals surface area contributed by atoms with E-state index in [1.54, 1.807) is 25.8 Å². The van der Waals surface area contributed by atoms with E-state index in [1.165, 1.54) is 0 Å². The van der Waals surface area contributed by atoms with Gasteiger partial charge in [0.05, 0.1) is 25.4 Å². The van der Waals surface area contributed by atoms with Crippen molar-refractivity contribution in [3.8, 4) is 33.6 Å². The maximum atomic E-state index is 11.4. The number of hydrogen-bond acceptors (Lipinski definition) is 6. The molecule has 10 heteroatoms. The van der Waals surface area contributed by atoms with Crippen molar-refractivity contribution in [3.63, 3.8) is 0 Å². The second kappa shape index (κ2) is 7.47. The van der Waals surface area contributed by atoms with Crippen LogP contribution < -0.4 is 0 Å². The van der Waals surface area contributed by atoms with Crippen molar-refractivity contribution in [2.45, 2.75) is 13.5 Å². The number of halogens is 1. The van der Waals surface area contributed by atoms with Gasteiger partial charge in [0.1, 0.15) is 0 Å². The van der Waals surface area contributed by atoms with Crippen molar-refractivity contribution in [3.05, 3.63) is 70.6 Å². The van der Waals surface area contributed by atoms with Crippen LogP contribution >= 0.6 is 15.9 Å². The molecule has 2 aromatic heterocycles. The molecule has 1 aliphatic heterocycles. The molecule has 1 aliphatic carbocycles. The number of aromatic amines is 1. The van der Waals surface area contributed by atoms with Gasteiger partial charge in [-0.3, -0.25) is 0 Å². The van der Waals surface area contributed by atoms with Crippen LogP contribution in [0.4, 0.5) is 0 Å². The van der Waals surface area contributed by atoms with Crippen molar-refractivity contribution >= 4 is 21.9 Å². The largest absolute Gasteiger partial charge is 0.476 e. The second-order valence-corrected chi connectivity index (χ2v) is 7.74. The van der Waals surface area contributed by atoms with Crippen molar-refractivity contribution in [2.75, 3.05) is 0 Å². The molecule has 0 unspecified atom stereocenters. The summed E-state index contributed by atoms with van der Waals surface area (Å²) in [6.07, 6.45) is 4.86. The lowest BCUT2D eigenvalue weighted by molar-refractivity contribution is 0.0690. The number of aromatic carboxylic acids is 1. The van der Waals surface area contributed by atoms with Gasteiger partial charge in [0.2, 0.25) is 5.82 Å². The maximum absolute atomic E-state index is 11.4. The first kappa shape index (κ1) is 19.2. The third kappa shape index (κ3) is 3.12. The average Bonchev–Trinajstić information content (AvgIpc) is 3.49. The van der Waals surface area contributed by atoms with E-state index in [9.17, 15) is 9.90 Å². The molecule has 3 heterocycles. The predicted molar refractivity (Wildman–Crippen MR) is 115 cm³/mol. The van der Waals surface area contributed by atoms with Gasteiger partial charge >= 0.3 is 5.97 Å². The highest BCUT2D eigenvalue weighted by Gasteiger charge is 2.26. The number of nitrogens with one attached hydrogen (secondary N) is 1. The summed E-state index contributed by atoms with van der Waals surface area (Å²) in [6, 6.07) is 9.69. The monoisotopic (exact) mass is 478 g/mol. The first-order valence-corrected chi connectivity index (χ1v) is 10.1. The summed E-state index contributed by atoms with van der Waals surface area (Å²) < 4.78 is 8.12. The van der Waals surface area contributed by atoms with E-state index in [4.69, 9.17) is 4.42 Å². The molecule has 3 aromatic rings. The molecule has 31 heavy (non-hydrogen) atoms.